The Hall–Kier alpha value is -2.05. The van der Waals surface area contributed by atoms with Crippen LogP contribution in [0.5, 0.6) is 0 Å². The number of ketones is 1. The Morgan fingerprint density at radius 3 is 2.44 bits per heavy atom. The van der Waals surface area contributed by atoms with Gasteiger partial charge in [0.2, 0.25) is 0 Å². The third kappa shape index (κ3) is 3.21. The molecule has 1 N–H and O–H groups in total. The number of hydrogen-bond donors (Lipinski definition) is 1. The number of carboxylic acid groups (broad SMARTS) is 1. The number of carbonyl (C=O) groups is 3. The number of nitrogens with zero attached hydrogens (tertiary/aromatic N) is 1. The molecule has 1 aliphatic rings. The predicted molar refractivity (Wildman–Crippen MR) is 107 cm³/mol. The summed E-state index contributed by atoms with van der Waals surface area (Å²) in [6.07, 6.45) is 0.250. The van der Waals surface area contributed by atoms with Crippen LogP contribution in [-0.2, 0) is 4.79 Å². The molecule has 0 radical (unpaired) electrons. The summed E-state index contributed by atoms with van der Waals surface area (Å²) in [4.78, 5) is 37.5. The van der Waals surface area contributed by atoms with Gasteiger partial charge in [-0.15, -0.1) is 0 Å². The van der Waals surface area contributed by atoms with Crippen LogP contribution in [-0.4, -0.2) is 44.8 Å². The highest BCUT2D eigenvalue weighted by atomic mass is 79.9. The van der Waals surface area contributed by atoms with Crippen LogP contribution in [0.25, 0.3) is 10.8 Å². The fraction of sp³-hybridized carbons (Fsp3) is 0.381. The van der Waals surface area contributed by atoms with E-state index in [1.54, 1.807) is 19.9 Å². The van der Waals surface area contributed by atoms with E-state index in [-0.39, 0.29) is 18.4 Å². The standard InChI is InChI=1S/C21H22BrNO4/c1-13-7-6-12-23(13,21(26)27)20(25)14(2)18(22)19(24)17-11-5-9-15-8-3-4-10-16(15)17/h3-5,8-11,13-14,18H,6-7,12H2,1-2H3/p+1/t13-,14?,18?,23?/m1/s1. The SMILES string of the molecule is CC(C(=O)[N+]1(C(=O)O)CCC[C@H]1C)C(Br)C(=O)c1cccc2ccccc12. The van der Waals surface area contributed by atoms with Crippen LogP contribution in [0.3, 0.4) is 0 Å². The minimum Gasteiger partial charge on any atom is -0.435 e. The smallest absolute Gasteiger partial charge is 0.435 e. The van der Waals surface area contributed by atoms with Crippen molar-refractivity contribution in [2.24, 2.45) is 5.92 Å². The van der Waals surface area contributed by atoms with Crippen LogP contribution in [0, 0.1) is 5.92 Å². The van der Waals surface area contributed by atoms with E-state index in [1.165, 1.54) is 0 Å². The molecule has 2 amide bonds. The maximum atomic E-state index is 13.2. The van der Waals surface area contributed by atoms with E-state index in [1.807, 2.05) is 36.4 Å². The van der Waals surface area contributed by atoms with Gasteiger partial charge >= 0.3 is 12.0 Å². The number of halogens is 1. The van der Waals surface area contributed by atoms with E-state index >= 15 is 0 Å². The van der Waals surface area contributed by atoms with Crippen molar-refractivity contribution < 1.29 is 24.0 Å². The first-order chi connectivity index (χ1) is 12.8. The fourth-order valence-electron chi connectivity index (χ4n) is 4.09. The second-order valence-corrected chi connectivity index (χ2v) is 8.27. The Morgan fingerprint density at radius 2 is 1.81 bits per heavy atom. The third-order valence-corrected chi connectivity index (χ3v) is 6.96. The summed E-state index contributed by atoms with van der Waals surface area (Å²) >= 11 is 3.40. The van der Waals surface area contributed by atoms with Crippen molar-refractivity contribution in [3.8, 4) is 0 Å². The van der Waals surface area contributed by atoms with Crippen molar-refractivity contribution in [3.63, 3.8) is 0 Å². The Kier molecular flexibility index (Phi) is 5.49. The monoisotopic (exact) mass is 432 g/mol. The Labute approximate surface area is 166 Å². The molecule has 0 aromatic heterocycles. The van der Waals surface area contributed by atoms with Gasteiger partial charge in [0.15, 0.2) is 5.78 Å². The lowest BCUT2D eigenvalue weighted by Gasteiger charge is -2.32. The summed E-state index contributed by atoms with van der Waals surface area (Å²) < 4.78 is -0.591. The van der Waals surface area contributed by atoms with Gasteiger partial charge in [-0.2, -0.15) is 9.28 Å². The summed E-state index contributed by atoms with van der Waals surface area (Å²) in [5.41, 5.74) is 0.533. The molecule has 3 rings (SSSR count). The van der Waals surface area contributed by atoms with Crippen molar-refractivity contribution >= 4 is 44.5 Å². The second-order valence-electron chi connectivity index (χ2n) is 7.29. The van der Waals surface area contributed by atoms with E-state index in [0.717, 1.165) is 10.8 Å². The summed E-state index contributed by atoms with van der Waals surface area (Å²) in [5, 5.41) is 11.6. The number of Topliss-reactive ketones (excluding diaryl/α,β-unsaturated/α-hetero) is 1. The molecule has 6 heteroatoms. The molecule has 1 fully saturated rings. The molecule has 5 nitrogen and oxygen atoms in total. The van der Waals surface area contributed by atoms with Crippen LogP contribution in [0.2, 0.25) is 0 Å². The zero-order valence-electron chi connectivity index (χ0n) is 15.4. The van der Waals surface area contributed by atoms with Gasteiger partial charge in [-0.05, 0) is 24.6 Å². The lowest BCUT2D eigenvalue weighted by molar-refractivity contribution is -0.794. The molecule has 0 saturated carbocycles. The van der Waals surface area contributed by atoms with Crippen molar-refractivity contribution in [1.29, 1.82) is 0 Å². The number of hydrogen-bond acceptors (Lipinski definition) is 3. The first-order valence-electron chi connectivity index (χ1n) is 9.12. The molecular formula is C21H23BrNO4+. The molecular weight excluding hydrogens is 410 g/mol. The number of imide groups is 1. The van der Waals surface area contributed by atoms with Crippen molar-refractivity contribution in [3.05, 3.63) is 48.0 Å². The van der Waals surface area contributed by atoms with Crippen molar-refractivity contribution in [2.75, 3.05) is 6.54 Å². The molecule has 4 atom stereocenters. The third-order valence-electron chi connectivity index (χ3n) is 5.75. The predicted octanol–water partition coefficient (Wildman–Crippen LogP) is 4.63. The molecule has 0 bridgehead atoms. The molecule has 1 heterocycles. The fourth-order valence-corrected chi connectivity index (χ4v) is 4.56. The molecule has 3 unspecified atom stereocenters. The van der Waals surface area contributed by atoms with E-state index < -0.39 is 27.2 Å². The van der Waals surface area contributed by atoms with Gasteiger partial charge < -0.3 is 5.11 Å². The normalized spacial score (nSPS) is 24.5. The highest BCUT2D eigenvalue weighted by Gasteiger charge is 2.55. The topological polar surface area (TPSA) is 71.4 Å². The minimum atomic E-state index is -1.13. The van der Waals surface area contributed by atoms with Crippen LogP contribution >= 0.6 is 15.9 Å². The summed E-state index contributed by atoms with van der Waals surface area (Å²) in [7, 11) is 0. The number of alkyl halides is 1. The molecule has 27 heavy (non-hydrogen) atoms. The van der Waals surface area contributed by atoms with Crippen LogP contribution < -0.4 is 0 Å². The average molecular weight is 433 g/mol. The summed E-state index contributed by atoms with van der Waals surface area (Å²) in [6, 6.07) is 12.8. The summed E-state index contributed by atoms with van der Waals surface area (Å²) in [6.45, 7) is 3.71. The number of likely N-dealkylation sites (tertiary alicyclic amines) is 1. The number of rotatable bonds is 4. The Bertz CT molecular complexity index is 907. The maximum Gasteiger partial charge on any atom is 0.521 e. The van der Waals surface area contributed by atoms with E-state index in [4.69, 9.17) is 0 Å². The maximum absolute atomic E-state index is 13.2. The van der Waals surface area contributed by atoms with Crippen LogP contribution in [0.4, 0.5) is 4.79 Å². The van der Waals surface area contributed by atoms with E-state index in [0.29, 0.717) is 18.4 Å². The lowest BCUT2D eigenvalue weighted by Crippen LogP contribution is -2.61. The van der Waals surface area contributed by atoms with Gasteiger partial charge in [-0.25, -0.2) is 4.79 Å². The van der Waals surface area contributed by atoms with E-state index in [2.05, 4.69) is 15.9 Å². The molecule has 0 spiro atoms. The number of fused-ring (bicyclic) bond motifs is 1. The number of amides is 2. The molecule has 2 aromatic carbocycles. The van der Waals surface area contributed by atoms with Gasteiger partial charge in [-0.3, -0.25) is 4.79 Å². The molecule has 1 saturated heterocycles. The van der Waals surface area contributed by atoms with Crippen molar-refractivity contribution in [2.45, 2.75) is 37.6 Å². The largest absolute Gasteiger partial charge is 0.521 e. The molecule has 0 aliphatic carbocycles. The molecule has 1 aliphatic heterocycles. The van der Waals surface area contributed by atoms with Gasteiger partial charge in [0, 0.05) is 18.4 Å². The second kappa shape index (κ2) is 7.52. The van der Waals surface area contributed by atoms with Gasteiger partial charge in [0.1, 0.15) is 6.04 Å². The van der Waals surface area contributed by atoms with Gasteiger partial charge in [0.05, 0.1) is 17.3 Å². The molecule has 2 aromatic rings. The highest BCUT2D eigenvalue weighted by Crippen LogP contribution is 2.33. The number of carbonyl (C=O) groups excluding carboxylic acids is 2. The Morgan fingerprint density at radius 1 is 1.15 bits per heavy atom. The highest BCUT2D eigenvalue weighted by molar-refractivity contribution is 9.10. The van der Waals surface area contributed by atoms with E-state index in [9.17, 15) is 19.5 Å². The van der Waals surface area contributed by atoms with Crippen LogP contribution in [0.15, 0.2) is 42.5 Å². The van der Waals surface area contributed by atoms with Crippen molar-refractivity contribution in [1.82, 2.24) is 0 Å². The van der Waals surface area contributed by atoms with Crippen LogP contribution in [0.1, 0.15) is 37.0 Å². The number of quaternary nitrogens is 1. The Balaban J connectivity index is 1.92. The zero-order valence-corrected chi connectivity index (χ0v) is 17.0. The minimum absolute atomic E-state index is 0.206. The zero-order chi connectivity index (χ0) is 19.8. The first kappa shape index (κ1) is 19.7. The quantitative estimate of drug-likeness (QED) is 0.434. The lowest BCUT2D eigenvalue weighted by atomic mass is 9.94. The van der Waals surface area contributed by atoms with Gasteiger partial charge in [-0.1, -0.05) is 58.4 Å². The summed E-state index contributed by atoms with van der Waals surface area (Å²) in [5.74, 6) is -1.38. The molecule has 142 valence electrons. The average Bonchev–Trinajstić information content (AvgIpc) is 3.07. The first-order valence-corrected chi connectivity index (χ1v) is 10.0. The van der Waals surface area contributed by atoms with Gasteiger partial charge in [0.25, 0.3) is 0 Å². The number of benzene rings is 2.